The topological polar surface area (TPSA) is 86.8 Å². The van der Waals surface area contributed by atoms with Crippen molar-refractivity contribution in [1.82, 2.24) is 10.2 Å². The van der Waals surface area contributed by atoms with E-state index in [0.29, 0.717) is 6.42 Å². The fourth-order valence-electron chi connectivity index (χ4n) is 4.67. The second-order valence-electron chi connectivity index (χ2n) is 10.6. The normalized spacial score (nSPS) is 12.6. The molecule has 0 aliphatic rings. The number of sulfonamides is 1. The lowest BCUT2D eigenvalue weighted by atomic mass is 10.0. The maximum atomic E-state index is 14.5. The Labute approximate surface area is 283 Å². The zero-order valence-corrected chi connectivity index (χ0v) is 28.8. The zero-order chi connectivity index (χ0) is 32.6. The number of hydrogen-bond donors (Lipinski definition) is 1. The summed E-state index contributed by atoms with van der Waals surface area (Å²) in [5.41, 5.74) is 1.79. The SMILES string of the molecule is CCC(C)NC(=O)C(Cc1ccccc1)N(Cc1ccc(Br)cc1)C(=O)CN(c1ccc(Cl)c(Cl)c1)S(=O)(=O)c1ccccc1. The molecule has 2 unspecified atom stereocenters. The van der Waals surface area contributed by atoms with Crippen molar-refractivity contribution in [3.05, 3.63) is 129 Å². The van der Waals surface area contributed by atoms with Crippen LogP contribution in [-0.2, 0) is 32.6 Å². The van der Waals surface area contributed by atoms with Crippen LogP contribution in [-0.4, -0.2) is 43.8 Å². The van der Waals surface area contributed by atoms with Crippen LogP contribution in [0.5, 0.6) is 0 Å². The van der Waals surface area contributed by atoms with Crippen LogP contribution in [0, 0.1) is 0 Å². The number of hydrogen-bond acceptors (Lipinski definition) is 4. The van der Waals surface area contributed by atoms with Gasteiger partial charge in [-0.2, -0.15) is 0 Å². The van der Waals surface area contributed by atoms with Crippen molar-refractivity contribution >= 4 is 66.7 Å². The van der Waals surface area contributed by atoms with Gasteiger partial charge in [-0.3, -0.25) is 13.9 Å². The fraction of sp³-hybridized carbons (Fsp3) is 0.235. The second kappa shape index (κ2) is 15.8. The minimum absolute atomic E-state index is 0.00122. The van der Waals surface area contributed by atoms with Crippen molar-refractivity contribution in [3.63, 3.8) is 0 Å². The van der Waals surface area contributed by atoms with E-state index in [1.165, 1.54) is 35.2 Å². The molecule has 4 rings (SSSR count). The molecule has 4 aromatic rings. The largest absolute Gasteiger partial charge is 0.352 e. The standard InChI is InChI=1S/C34H34BrCl2N3O4S/c1-3-24(2)38-34(42)32(20-25-10-6-4-7-11-25)39(22-26-14-16-27(35)17-15-26)33(41)23-40(28-18-19-30(36)31(37)21-28)45(43,44)29-12-8-5-9-13-29/h4-19,21,24,32H,3,20,22-23H2,1-2H3,(H,38,42). The number of carbonyl (C=O) groups excluding carboxylic acids is 2. The molecular formula is C34H34BrCl2N3O4S. The average Bonchev–Trinajstić information content (AvgIpc) is 3.04. The van der Waals surface area contributed by atoms with E-state index in [1.54, 1.807) is 18.2 Å². The van der Waals surface area contributed by atoms with E-state index in [0.717, 1.165) is 19.9 Å². The molecule has 0 heterocycles. The van der Waals surface area contributed by atoms with E-state index in [1.807, 2.05) is 68.4 Å². The molecule has 2 amide bonds. The summed E-state index contributed by atoms with van der Waals surface area (Å²) >= 11 is 15.9. The first-order chi connectivity index (χ1) is 21.5. The Morgan fingerprint density at radius 1 is 0.844 bits per heavy atom. The van der Waals surface area contributed by atoms with Gasteiger partial charge in [0.25, 0.3) is 10.0 Å². The molecule has 2 atom stereocenters. The van der Waals surface area contributed by atoms with Crippen molar-refractivity contribution in [2.45, 2.75) is 50.2 Å². The van der Waals surface area contributed by atoms with Crippen LogP contribution in [0.3, 0.4) is 0 Å². The van der Waals surface area contributed by atoms with Crippen LogP contribution in [0.4, 0.5) is 5.69 Å². The van der Waals surface area contributed by atoms with Gasteiger partial charge in [-0.15, -0.1) is 0 Å². The molecule has 0 aromatic heterocycles. The average molecular weight is 732 g/mol. The lowest BCUT2D eigenvalue weighted by molar-refractivity contribution is -0.140. The lowest BCUT2D eigenvalue weighted by Gasteiger charge is -2.34. The molecule has 45 heavy (non-hydrogen) atoms. The Balaban J connectivity index is 1.81. The summed E-state index contributed by atoms with van der Waals surface area (Å²) in [6, 6.07) is 28.0. The van der Waals surface area contributed by atoms with Crippen molar-refractivity contribution in [1.29, 1.82) is 0 Å². The number of carbonyl (C=O) groups is 2. The van der Waals surface area contributed by atoms with Gasteiger partial charge in [0.2, 0.25) is 11.8 Å². The maximum Gasteiger partial charge on any atom is 0.264 e. The molecule has 1 N–H and O–H groups in total. The third kappa shape index (κ3) is 9.10. The Morgan fingerprint density at radius 2 is 1.47 bits per heavy atom. The Morgan fingerprint density at radius 3 is 2.07 bits per heavy atom. The lowest BCUT2D eigenvalue weighted by Crippen LogP contribution is -2.54. The Bertz CT molecular complexity index is 1710. The predicted octanol–water partition coefficient (Wildman–Crippen LogP) is 7.51. The molecule has 0 radical (unpaired) electrons. The zero-order valence-electron chi connectivity index (χ0n) is 24.9. The van der Waals surface area contributed by atoms with E-state index in [2.05, 4.69) is 21.2 Å². The van der Waals surface area contributed by atoms with Gasteiger partial charge < -0.3 is 10.2 Å². The highest BCUT2D eigenvalue weighted by atomic mass is 79.9. The number of anilines is 1. The van der Waals surface area contributed by atoms with Gasteiger partial charge in [0.15, 0.2) is 0 Å². The second-order valence-corrected chi connectivity index (χ2v) is 14.2. The van der Waals surface area contributed by atoms with Crippen LogP contribution in [0.1, 0.15) is 31.4 Å². The highest BCUT2D eigenvalue weighted by Crippen LogP contribution is 2.31. The van der Waals surface area contributed by atoms with Crippen LogP contribution in [0.25, 0.3) is 0 Å². The molecular weight excluding hydrogens is 697 g/mol. The molecule has 0 fully saturated rings. The molecule has 4 aromatic carbocycles. The summed E-state index contributed by atoms with van der Waals surface area (Å²) in [6.45, 7) is 3.34. The Kier molecular flexibility index (Phi) is 12.1. The van der Waals surface area contributed by atoms with Crippen LogP contribution in [0.2, 0.25) is 10.0 Å². The minimum atomic E-state index is -4.24. The maximum absolute atomic E-state index is 14.5. The third-order valence-electron chi connectivity index (χ3n) is 7.34. The molecule has 7 nitrogen and oxygen atoms in total. The van der Waals surface area contributed by atoms with Gasteiger partial charge >= 0.3 is 0 Å². The number of nitrogens with zero attached hydrogens (tertiary/aromatic N) is 2. The summed E-state index contributed by atoms with van der Waals surface area (Å²) in [7, 11) is -4.24. The monoisotopic (exact) mass is 729 g/mol. The van der Waals surface area contributed by atoms with Gasteiger partial charge in [-0.25, -0.2) is 8.42 Å². The number of benzene rings is 4. The van der Waals surface area contributed by atoms with Crippen molar-refractivity contribution in [2.75, 3.05) is 10.8 Å². The van der Waals surface area contributed by atoms with Gasteiger partial charge in [-0.05, 0) is 66.9 Å². The molecule has 0 aliphatic heterocycles. The quantitative estimate of drug-likeness (QED) is 0.154. The van der Waals surface area contributed by atoms with Crippen molar-refractivity contribution in [3.8, 4) is 0 Å². The highest BCUT2D eigenvalue weighted by molar-refractivity contribution is 9.10. The van der Waals surface area contributed by atoms with E-state index in [-0.39, 0.29) is 45.5 Å². The molecule has 0 bridgehead atoms. The first kappa shape index (κ1) is 34.5. The number of nitrogens with one attached hydrogen (secondary N) is 1. The molecule has 0 saturated carbocycles. The fourth-order valence-corrected chi connectivity index (χ4v) is 6.65. The number of halogens is 3. The van der Waals surface area contributed by atoms with Crippen molar-refractivity contribution in [2.24, 2.45) is 0 Å². The smallest absolute Gasteiger partial charge is 0.264 e. The van der Waals surface area contributed by atoms with Gasteiger partial charge in [-0.1, -0.05) is 107 Å². The molecule has 236 valence electrons. The van der Waals surface area contributed by atoms with E-state index >= 15 is 0 Å². The Hall–Kier alpha value is -3.37. The van der Waals surface area contributed by atoms with Crippen LogP contribution < -0.4 is 9.62 Å². The minimum Gasteiger partial charge on any atom is -0.352 e. The molecule has 0 aliphatic carbocycles. The van der Waals surface area contributed by atoms with Gasteiger partial charge in [0.1, 0.15) is 12.6 Å². The van der Waals surface area contributed by atoms with Gasteiger partial charge in [0, 0.05) is 23.5 Å². The number of amides is 2. The first-order valence-corrected chi connectivity index (χ1v) is 17.4. The summed E-state index contributed by atoms with van der Waals surface area (Å²) in [5, 5.41) is 3.41. The van der Waals surface area contributed by atoms with Crippen molar-refractivity contribution < 1.29 is 18.0 Å². The highest BCUT2D eigenvalue weighted by Gasteiger charge is 2.35. The van der Waals surface area contributed by atoms with Gasteiger partial charge in [0.05, 0.1) is 20.6 Å². The molecule has 0 saturated heterocycles. The van der Waals surface area contributed by atoms with Crippen LogP contribution >= 0.6 is 39.1 Å². The molecule has 0 spiro atoms. The van der Waals surface area contributed by atoms with Crippen LogP contribution in [0.15, 0.2) is 112 Å². The summed E-state index contributed by atoms with van der Waals surface area (Å²) < 4.78 is 30.0. The molecule has 11 heteroatoms. The van der Waals surface area contributed by atoms with E-state index < -0.39 is 28.5 Å². The summed E-state index contributed by atoms with van der Waals surface area (Å²) in [6.07, 6.45) is 0.925. The summed E-state index contributed by atoms with van der Waals surface area (Å²) in [4.78, 5) is 29.8. The van der Waals surface area contributed by atoms with E-state index in [9.17, 15) is 18.0 Å². The number of rotatable bonds is 13. The van der Waals surface area contributed by atoms with E-state index in [4.69, 9.17) is 23.2 Å². The first-order valence-electron chi connectivity index (χ1n) is 14.4. The third-order valence-corrected chi connectivity index (χ3v) is 10.4. The predicted molar refractivity (Wildman–Crippen MR) is 184 cm³/mol. The summed E-state index contributed by atoms with van der Waals surface area (Å²) in [5.74, 6) is -0.894.